The molecule has 0 amide bonds. The van der Waals surface area contributed by atoms with Crippen LogP contribution in [-0.4, -0.2) is 30.1 Å². The average Bonchev–Trinajstić information content (AvgIpc) is 3.40. The number of nitrogens with one attached hydrogen (secondary N) is 1. The van der Waals surface area contributed by atoms with Gasteiger partial charge in [-0.15, -0.1) is 0 Å². The summed E-state index contributed by atoms with van der Waals surface area (Å²) in [5.41, 5.74) is 2.91. The van der Waals surface area contributed by atoms with Crippen LogP contribution in [0.4, 0.5) is 0 Å². The van der Waals surface area contributed by atoms with Crippen LogP contribution in [0.25, 0.3) is 0 Å². The molecule has 1 aliphatic heterocycles. The topological polar surface area (TPSA) is 67.8 Å². The van der Waals surface area contributed by atoms with Gasteiger partial charge in [-0.25, -0.2) is 4.79 Å². The molecule has 4 aliphatic carbocycles. The Balaban J connectivity index is 1.32. The van der Waals surface area contributed by atoms with E-state index < -0.39 is 0 Å². The molecule has 4 fully saturated rings. The van der Waals surface area contributed by atoms with Gasteiger partial charge < -0.3 is 10.2 Å². The van der Waals surface area contributed by atoms with Crippen LogP contribution in [0.1, 0.15) is 85.0 Å². The van der Waals surface area contributed by atoms with Crippen LogP contribution < -0.4 is 5.32 Å². The lowest BCUT2D eigenvalue weighted by Crippen LogP contribution is -2.51. The van der Waals surface area contributed by atoms with E-state index in [9.17, 15) is 9.59 Å². The van der Waals surface area contributed by atoms with Gasteiger partial charge in [0, 0.05) is 12.3 Å². The fourth-order valence-electron chi connectivity index (χ4n) is 8.38. The third kappa shape index (κ3) is 3.42. The monoisotopic (exact) mass is 426 g/mol. The molecular weight excluding hydrogens is 388 g/mol. The van der Waals surface area contributed by atoms with E-state index in [4.69, 9.17) is 4.84 Å². The maximum absolute atomic E-state index is 12.3. The number of oxime groups is 1. The highest BCUT2D eigenvalue weighted by Crippen LogP contribution is 2.66. The molecule has 1 saturated heterocycles. The molecule has 0 bridgehead atoms. The maximum atomic E-state index is 12.3. The van der Waals surface area contributed by atoms with Crippen molar-refractivity contribution < 1.29 is 14.4 Å². The molecule has 5 heteroatoms. The Bertz CT molecular complexity index is 827. The van der Waals surface area contributed by atoms with E-state index in [1.165, 1.54) is 31.3 Å². The van der Waals surface area contributed by atoms with Gasteiger partial charge in [-0.05, 0) is 106 Å². The van der Waals surface area contributed by atoms with Crippen LogP contribution in [0.15, 0.2) is 16.8 Å². The number of rotatable bonds is 3. The van der Waals surface area contributed by atoms with Crippen molar-refractivity contribution in [1.29, 1.82) is 0 Å². The lowest BCUT2D eigenvalue weighted by molar-refractivity contribution is -0.145. The zero-order chi connectivity index (χ0) is 21.8. The second kappa shape index (κ2) is 7.83. The highest BCUT2D eigenvalue weighted by molar-refractivity contribution is 5.91. The average molecular weight is 427 g/mol. The quantitative estimate of drug-likeness (QED) is 0.400. The van der Waals surface area contributed by atoms with Crippen molar-refractivity contribution in [2.24, 2.45) is 39.7 Å². The van der Waals surface area contributed by atoms with Gasteiger partial charge in [-0.3, -0.25) is 4.79 Å². The standard InChI is InChI=1S/C26H38N2O3/c1-16(28-31-24(30)23-5-4-14-27-23)20-8-9-21-19-7-6-17-15-18(29)10-12-25(17,2)22(19)11-13-26(20,21)3/h15,19-23,27H,4-14H2,1-3H3/b28-16+/t19?,20-,21+,22+,23?,25+,26-/m1/s1. The Hall–Kier alpha value is -1.49. The van der Waals surface area contributed by atoms with E-state index in [0.29, 0.717) is 23.5 Å². The molecule has 5 aliphatic rings. The van der Waals surface area contributed by atoms with Gasteiger partial charge in [0.15, 0.2) is 5.78 Å². The van der Waals surface area contributed by atoms with Gasteiger partial charge in [0.25, 0.3) is 0 Å². The fourth-order valence-corrected chi connectivity index (χ4v) is 8.38. The summed E-state index contributed by atoms with van der Waals surface area (Å²) < 4.78 is 0. The molecule has 2 unspecified atom stereocenters. The van der Waals surface area contributed by atoms with Crippen molar-refractivity contribution in [2.45, 2.75) is 91.0 Å². The van der Waals surface area contributed by atoms with E-state index in [2.05, 4.69) is 31.2 Å². The fraction of sp³-hybridized carbons (Fsp3) is 0.808. The van der Waals surface area contributed by atoms with Crippen molar-refractivity contribution in [1.82, 2.24) is 5.32 Å². The Labute approximate surface area is 186 Å². The van der Waals surface area contributed by atoms with Crippen molar-refractivity contribution >= 4 is 17.5 Å². The highest BCUT2D eigenvalue weighted by atomic mass is 16.7. The van der Waals surface area contributed by atoms with Crippen molar-refractivity contribution in [2.75, 3.05) is 6.54 Å². The molecule has 5 nitrogen and oxygen atoms in total. The van der Waals surface area contributed by atoms with Gasteiger partial charge in [-0.1, -0.05) is 24.6 Å². The van der Waals surface area contributed by atoms with Crippen LogP contribution in [0.3, 0.4) is 0 Å². The molecule has 0 radical (unpaired) electrons. The number of ketones is 1. The number of carbonyl (C=O) groups is 2. The lowest BCUT2D eigenvalue weighted by Gasteiger charge is -2.58. The van der Waals surface area contributed by atoms with Crippen molar-refractivity contribution in [3.05, 3.63) is 11.6 Å². The third-order valence-corrected chi connectivity index (χ3v) is 10.1. The van der Waals surface area contributed by atoms with Crippen LogP contribution in [-0.2, 0) is 14.4 Å². The summed E-state index contributed by atoms with van der Waals surface area (Å²) in [7, 11) is 0. The Morgan fingerprint density at radius 3 is 2.71 bits per heavy atom. The Morgan fingerprint density at radius 2 is 1.94 bits per heavy atom. The van der Waals surface area contributed by atoms with E-state index in [1.807, 2.05) is 6.08 Å². The number of hydrogen-bond donors (Lipinski definition) is 1. The summed E-state index contributed by atoms with van der Waals surface area (Å²) in [6, 6.07) is -0.188. The first-order chi connectivity index (χ1) is 14.8. The van der Waals surface area contributed by atoms with Gasteiger partial charge in [0.05, 0.1) is 5.71 Å². The molecule has 31 heavy (non-hydrogen) atoms. The molecule has 0 aromatic rings. The maximum Gasteiger partial charge on any atom is 0.351 e. The van der Waals surface area contributed by atoms with Crippen molar-refractivity contribution in [3.63, 3.8) is 0 Å². The molecule has 0 spiro atoms. The summed E-state index contributed by atoms with van der Waals surface area (Å²) in [4.78, 5) is 29.7. The van der Waals surface area contributed by atoms with E-state index in [1.54, 1.807) is 0 Å². The Morgan fingerprint density at radius 1 is 1.10 bits per heavy atom. The van der Waals surface area contributed by atoms with Crippen molar-refractivity contribution in [3.8, 4) is 0 Å². The summed E-state index contributed by atoms with van der Waals surface area (Å²) in [6.45, 7) is 7.87. The normalized spacial score (nSPS) is 44.9. The number of fused-ring (bicyclic) bond motifs is 5. The predicted molar refractivity (Wildman–Crippen MR) is 120 cm³/mol. The number of hydrogen-bond acceptors (Lipinski definition) is 5. The minimum absolute atomic E-state index is 0.188. The molecule has 0 aromatic carbocycles. The molecule has 1 N–H and O–H groups in total. The Kier molecular flexibility index (Phi) is 5.39. The van der Waals surface area contributed by atoms with Crippen LogP contribution in [0.2, 0.25) is 0 Å². The minimum atomic E-state index is -0.230. The van der Waals surface area contributed by atoms with Gasteiger partial charge in [0.1, 0.15) is 6.04 Å². The molecule has 0 aromatic heterocycles. The number of carbonyl (C=O) groups excluding carboxylic acids is 2. The molecular formula is C26H38N2O3. The minimum Gasteiger partial charge on any atom is -0.317 e. The summed E-state index contributed by atoms with van der Waals surface area (Å²) >= 11 is 0. The first-order valence-electron chi connectivity index (χ1n) is 12.6. The zero-order valence-corrected chi connectivity index (χ0v) is 19.4. The molecule has 3 saturated carbocycles. The molecule has 1 heterocycles. The van der Waals surface area contributed by atoms with Crippen LogP contribution in [0, 0.1) is 34.5 Å². The SMILES string of the molecule is C/C(=N\OC(=O)C1CCCN1)[C@H]1CC[C@H]2C3CCC4=CC(=O)CC[C@]4(C)[C@H]3CC[C@]12C. The zero-order valence-electron chi connectivity index (χ0n) is 19.4. The van der Waals surface area contributed by atoms with E-state index in [0.717, 1.165) is 56.7 Å². The van der Waals surface area contributed by atoms with Crippen LogP contribution in [0.5, 0.6) is 0 Å². The van der Waals surface area contributed by atoms with Gasteiger partial charge in [-0.2, -0.15) is 0 Å². The van der Waals surface area contributed by atoms with E-state index >= 15 is 0 Å². The molecule has 170 valence electrons. The molecule has 5 rings (SSSR count). The largest absolute Gasteiger partial charge is 0.351 e. The number of allylic oxidation sites excluding steroid dienone is 1. The van der Waals surface area contributed by atoms with Gasteiger partial charge >= 0.3 is 5.97 Å². The van der Waals surface area contributed by atoms with Crippen LogP contribution >= 0.6 is 0 Å². The highest BCUT2D eigenvalue weighted by Gasteiger charge is 2.59. The first-order valence-corrected chi connectivity index (χ1v) is 12.6. The third-order valence-electron chi connectivity index (χ3n) is 10.1. The predicted octanol–water partition coefficient (Wildman–Crippen LogP) is 4.81. The van der Waals surface area contributed by atoms with Gasteiger partial charge in [0.2, 0.25) is 0 Å². The second-order valence-corrected chi connectivity index (χ2v) is 11.4. The summed E-state index contributed by atoms with van der Waals surface area (Å²) in [5, 5.41) is 7.55. The second-order valence-electron chi connectivity index (χ2n) is 11.4. The lowest BCUT2D eigenvalue weighted by atomic mass is 9.46. The summed E-state index contributed by atoms with van der Waals surface area (Å²) in [5.74, 6) is 2.68. The smallest absolute Gasteiger partial charge is 0.317 e. The molecule has 7 atom stereocenters. The summed E-state index contributed by atoms with van der Waals surface area (Å²) in [6.07, 6.45) is 12.8. The van der Waals surface area contributed by atoms with E-state index in [-0.39, 0.29) is 22.8 Å². The first kappa shape index (κ1) is 21.4. The number of nitrogens with zero attached hydrogens (tertiary/aromatic N) is 1.